The Morgan fingerprint density at radius 2 is 1.04 bits per heavy atom. The van der Waals surface area contributed by atoms with Crippen LogP contribution in [0.15, 0.2) is 222 Å². The van der Waals surface area contributed by atoms with Gasteiger partial charge in [-0.2, -0.15) is 0 Å². The van der Waals surface area contributed by atoms with Crippen LogP contribution in [0, 0.1) is 5.92 Å². The normalized spacial score (nSPS) is 18.7. The fourth-order valence-electron chi connectivity index (χ4n) is 14.1. The average Bonchev–Trinajstić information content (AvgIpc) is 4.16. The molecule has 10 aromatic rings. The van der Waals surface area contributed by atoms with Crippen molar-refractivity contribution in [2.24, 2.45) is 5.92 Å². The second kappa shape index (κ2) is 15.4. The molecule has 2 atom stereocenters. The highest BCUT2D eigenvalue weighted by Crippen LogP contribution is 2.72. The lowest BCUT2D eigenvalue weighted by Gasteiger charge is -2.48. The first-order chi connectivity index (χ1) is 36.3. The summed E-state index contributed by atoms with van der Waals surface area (Å²) in [4.78, 5) is 3.85. The molecule has 2 unspecified atom stereocenters. The van der Waals surface area contributed by atoms with Crippen LogP contribution in [-0.2, 0) is 21.7 Å². The van der Waals surface area contributed by atoms with Crippen LogP contribution in [0.5, 0.6) is 11.5 Å². The van der Waals surface area contributed by atoms with Crippen molar-refractivity contribution < 1.29 is 9.15 Å². The number of rotatable bonds is 3. The fraction of sp³-hybridized carbons (Fsp3) is 0.183. The molecule has 5 aliphatic rings. The molecular formula is C71H57NO2S. The Morgan fingerprint density at radius 1 is 0.480 bits per heavy atom. The number of anilines is 3. The minimum Gasteiger partial charge on any atom is -0.457 e. The van der Waals surface area contributed by atoms with Gasteiger partial charge in [-0.05, 0) is 139 Å². The number of hydrogen-bond acceptors (Lipinski definition) is 4. The largest absolute Gasteiger partial charge is 0.457 e. The first-order valence-corrected chi connectivity index (χ1v) is 27.5. The summed E-state index contributed by atoms with van der Waals surface area (Å²) in [6.07, 6.45) is 9.59. The van der Waals surface area contributed by atoms with Crippen molar-refractivity contribution in [2.75, 3.05) is 4.90 Å². The summed E-state index contributed by atoms with van der Waals surface area (Å²) >= 11 is 2.06. The van der Waals surface area contributed by atoms with Gasteiger partial charge in [0.05, 0.1) is 26.7 Å². The molecule has 15 rings (SSSR count). The predicted molar refractivity (Wildman–Crippen MR) is 311 cm³/mol. The summed E-state index contributed by atoms with van der Waals surface area (Å²) in [6, 6.07) is 70.9. The third-order valence-corrected chi connectivity index (χ3v) is 19.3. The molecule has 75 heavy (non-hydrogen) atoms. The second-order valence-electron chi connectivity index (χ2n) is 23.6. The molecule has 4 heteroatoms. The van der Waals surface area contributed by atoms with Crippen molar-refractivity contribution in [3.05, 3.63) is 262 Å². The fourth-order valence-corrected chi connectivity index (χ4v) is 15.9. The Hall–Kier alpha value is -7.79. The SMILES string of the molecule is CC1C=CC=CC12Sc1ccc(N(c3ccc4c(c3)C3(c5ccccc5Oc5ccccc53)c3ccccc3-4)c3cccc4oc5ccccc5c34)cc1C21c2cc(C(C)(C)C)ccc2-c2ccc(C(C)(C)C)cc21. The zero-order chi connectivity index (χ0) is 50.8. The predicted octanol–water partition coefficient (Wildman–Crippen LogP) is 19.0. The van der Waals surface area contributed by atoms with Gasteiger partial charge in [-0.15, -0.1) is 11.8 Å². The Kier molecular flexibility index (Phi) is 9.17. The molecular weight excluding hydrogens is 931 g/mol. The van der Waals surface area contributed by atoms with E-state index in [1.807, 2.05) is 0 Å². The molecule has 0 saturated carbocycles. The standard InChI is InChI=1S/C71H57NO2S/c1-43-19-16-17-38-69(43)71(57-39-44(67(2,3)4)30-34-50(57)51-35-31-45(40-58(51)71)68(5,6)7)59-42-47(33-37-65(59)75-69)72(60-25-18-29-64-66(60)52-21-9-13-26-61(52)73-64)46-32-36-49-48-20-8-10-22-53(48)70(56(49)41-46)54-23-11-14-27-62(54)74-63-28-15-12-24-55(63)70/h8-43H,1-7H3. The van der Waals surface area contributed by atoms with Crippen LogP contribution in [0.3, 0.4) is 0 Å². The highest BCUT2D eigenvalue weighted by Gasteiger charge is 2.65. The third-order valence-electron chi connectivity index (χ3n) is 17.6. The van der Waals surface area contributed by atoms with Crippen LogP contribution in [0.25, 0.3) is 44.2 Å². The topological polar surface area (TPSA) is 25.6 Å². The summed E-state index contributed by atoms with van der Waals surface area (Å²) in [5.74, 6) is 1.97. The van der Waals surface area contributed by atoms with E-state index < -0.39 is 10.8 Å². The van der Waals surface area contributed by atoms with Gasteiger partial charge in [0.2, 0.25) is 0 Å². The maximum Gasteiger partial charge on any atom is 0.137 e. The van der Waals surface area contributed by atoms with E-state index in [-0.39, 0.29) is 21.5 Å². The number of benzene rings is 9. The van der Waals surface area contributed by atoms with E-state index in [2.05, 4.69) is 277 Å². The molecule has 0 bridgehead atoms. The third kappa shape index (κ3) is 5.84. The lowest BCUT2D eigenvalue weighted by Crippen LogP contribution is -2.50. The molecule has 0 fully saturated rings. The van der Waals surface area contributed by atoms with Gasteiger partial charge < -0.3 is 14.1 Å². The highest BCUT2D eigenvalue weighted by molar-refractivity contribution is 8.01. The zero-order valence-corrected chi connectivity index (χ0v) is 44.3. The number of allylic oxidation sites excluding steroid dienone is 3. The average molecular weight is 988 g/mol. The Labute approximate surface area is 444 Å². The van der Waals surface area contributed by atoms with Crippen molar-refractivity contribution in [3.63, 3.8) is 0 Å². The van der Waals surface area contributed by atoms with Crippen molar-refractivity contribution in [3.8, 4) is 33.8 Å². The van der Waals surface area contributed by atoms with Gasteiger partial charge in [0.25, 0.3) is 0 Å². The lowest BCUT2D eigenvalue weighted by atomic mass is 9.58. The van der Waals surface area contributed by atoms with Crippen molar-refractivity contribution in [1.82, 2.24) is 0 Å². The maximum atomic E-state index is 6.80. The molecule has 3 aliphatic carbocycles. The van der Waals surface area contributed by atoms with Gasteiger partial charge in [-0.3, -0.25) is 0 Å². The van der Waals surface area contributed by atoms with E-state index in [0.29, 0.717) is 0 Å². The number of fused-ring (bicyclic) bond motifs is 20. The number of ether oxygens (including phenoxy) is 1. The number of nitrogens with zero attached hydrogens (tertiary/aromatic N) is 1. The van der Waals surface area contributed by atoms with E-state index in [0.717, 1.165) is 61.6 Å². The van der Waals surface area contributed by atoms with Gasteiger partial charge in [0, 0.05) is 32.8 Å². The van der Waals surface area contributed by atoms with E-state index in [9.17, 15) is 0 Å². The second-order valence-corrected chi connectivity index (χ2v) is 24.9. The minimum absolute atomic E-state index is 0.0575. The lowest BCUT2D eigenvalue weighted by molar-refractivity contribution is 0.425. The summed E-state index contributed by atoms with van der Waals surface area (Å²) in [7, 11) is 0. The number of furan rings is 1. The monoisotopic (exact) mass is 987 g/mol. The molecule has 0 amide bonds. The maximum absolute atomic E-state index is 6.80. The van der Waals surface area contributed by atoms with Gasteiger partial charge >= 0.3 is 0 Å². The van der Waals surface area contributed by atoms with Crippen molar-refractivity contribution in [1.29, 1.82) is 0 Å². The molecule has 0 radical (unpaired) electrons. The minimum atomic E-state index is -0.637. The van der Waals surface area contributed by atoms with Crippen LogP contribution in [0.4, 0.5) is 17.1 Å². The summed E-state index contributed by atoms with van der Waals surface area (Å²) in [6.45, 7) is 16.6. The van der Waals surface area contributed by atoms with Gasteiger partial charge in [0.1, 0.15) is 22.7 Å². The van der Waals surface area contributed by atoms with Crippen molar-refractivity contribution >= 4 is 50.8 Å². The number of hydrogen-bond donors (Lipinski definition) is 0. The molecule has 1 aromatic heterocycles. The van der Waals surface area contributed by atoms with Gasteiger partial charge in [-0.1, -0.05) is 200 Å². The van der Waals surface area contributed by atoms with Crippen molar-refractivity contribution in [2.45, 2.75) is 79.8 Å². The molecule has 2 aliphatic heterocycles. The Balaban J connectivity index is 1.05. The number of para-hydroxylation sites is 3. The van der Waals surface area contributed by atoms with Crippen LogP contribution >= 0.6 is 11.8 Å². The van der Waals surface area contributed by atoms with E-state index in [1.54, 1.807) is 0 Å². The zero-order valence-electron chi connectivity index (χ0n) is 43.5. The Morgan fingerprint density at radius 3 is 1.72 bits per heavy atom. The van der Waals surface area contributed by atoms with Crippen LogP contribution in [-0.4, -0.2) is 4.75 Å². The van der Waals surface area contributed by atoms with E-state index in [1.165, 1.54) is 66.1 Å². The molecule has 3 nitrogen and oxygen atoms in total. The summed E-state index contributed by atoms with van der Waals surface area (Å²) < 4.78 is 13.2. The molecule has 0 saturated heterocycles. The smallest absolute Gasteiger partial charge is 0.137 e. The first kappa shape index (κ1) is 44.7. The van der Waals surface area contributed by atoms with Crippen LogP contribution < -0.4 is 9.64 Å². The van der Waals surface area contributed by atoms with Crippen LogP contribution in [0.1, 0.15) is 98.5 Å². The van der Waals surface area contributed by atoms with Crippen LogP contribution in [0.2, 0.25) is 0 Å². The van der Waals surface area contributed by atoms with Gasteiger partial charge in [0.15, 0.2) is 0 Å². The summed E-state index contributed by atoms with van der Waals surface area (Å²) in [5.41, 5.74) is 20.4. The molecule has 3 spiro atoms. The quantitative estimate of drug-likeness (QED) is 0.176. The van der Waals surface area contributed by atoms with E-state index in [4.69, 9.17) is 9.15 Å². The molecule has 0 N–H and O–H groups in total. The number of thioether (sulfide) groups is 1. The van der Waals surface area contributed by atoms with Gasteiger partial charge in [-0.25, -0.2) is 0 Å². The molecule has 3 heterocycles. The molecule has 364 valence electrons. The summed E-state index contributed by atoms with van der Waals surface area (Å²) in [5, 5.41) is 2.18. The Bertz CT molecular complexity index is 4050. The van der Waals surface area contributed by atoms with E-state index >= 15 is 0 Å². The highest BCUT2D eigenvalue weighted by atomic mass is 32.2. The molecule has 9 aromatic carbocycles. The first-order valence-electron chi connectivity index (χ1n) is 26.6.